The monoisotopic (exact) mass is 391 g/mol. The Balaban J connectivity index is 1.44. The first-order chi connectivity index (χ1) is 14.1. The Hall–Kier alpha value is -3.19. The summed E-state index contributed by atoms with van der Waals surface area (Å²) in [6, 6.07) is 11.8. The molecule has 2 aromatic heterocycles. The maximum Gasteiger partial charge on any atom is 0.255 e. The number of hydrogen-bond donors (Lipinski definition) is 2. The number of anilines is 1. The van der Waals surface area contributed by atoms with Crippen molar-refractivity contribution in [1.82, 2.24) is 20.1 Å². The van der Waals surface area contributed by atoms with Crippen LogP contribution in [0.5, 0.6) is 0 Å². The zero-order chi connectivity index (χ0) is 20.2. The van der Waals surface area contributed by atoms with Crippen LogP contribution in [0.3, 0.4) is 0 Å². The SMILES string of the molecule is Cn1cc(-c2cnc(N)c(C(=O)N[C@@H]3CCC[C@@H]3OCc3ccccc3)c2)cn1. The van der Waals surface area contributed by atoms with E-state index in [-0.39, 0.29) is 23.9 Å². The molecule has 0 spiro atoms. The summed E-state index contributed by atoms with van der Waals surface area (Å²) in [5, 5.41) is 7.27. The van der Waals surface area contributed by atoms with Gasteiger partial charge in [0.1, 0.15) is 5.82 Å². The predicted molar refractivity (Wildman–Crippen MR) is 111 cm³/mol. The molecule has 3 N–H and O–H groups in total. The highest BCUT2D eigenvalue weighted by Crippen LogP contribution is 2.25. The van der Waals surface area contributed by atoms with E-state index in [1.54, 1.807) is 23.1 Å². The molecule has 2 heterocycles. The maximum absolute atomic E-state index is 12.9. The lowest BCUT2D eigenvalue weighted by molar-refractivity contribution is 0.0272. The van der Waals surface area contributed by atoms with Crippen molar-refractivity contribution in [1.29, 1.82) is 0 Å². The molecule has 1 saturated carbocycles. The second-order valence-electron chi connectivity index (χ2n) is 7.41. The quantitative estimate of drug-likeness (QED) is 0.674. The third kappa shape index (κ3) is 4.46. The highest BCUT2D eigenvalue weighted by molar-refractivity contribution is 5.99. The van der Waals surface area contributed by atoms with Gasteiger partial charge in [0.25, 0.3) is 5.91 Å². The number of benzene rings is 1. The molecular weight excluding hydrogens is 366 g/mol. The number of nitrogens with one attached hydrogen (secondary N) is 1. The Morgan fingerprint density at radius 1 is 1.24 bits per heavy atom. The van der Waals surface area contributed by atoms with Crippen molar-refractivity contribution < 1.29 is 9.53 Å². The zero-order valence-corrected chi connectivity index (χ0v) is 16.4. The van der Waals surface area contributed by atoms with Crippen molar-refractivity contribution in [2.24, 2.45) is 7.05 Å². The fourth-order valence-corrected chi connectivity index (χ4v) is 3.70. The van der Waals surface area contributed by atoms with Crippen molar-refractivity contribution in [2.45, 2.75) is 38.0 Å². The molecule has 3 aromatic rings. The molecule has 0 bridgehead atoms. The maximum atomic E-state index is 12.9. The van der Waals surface area contributed by atoms with E-state index < -0.39 is 0 Å². The van der Waals surface area contributed by atoms with Crippen LogP contribution in [0.25, 0.3) is 11.1 Å². The number of nitrogen functional groups attached to an aromatic ring is 1. The number of nitrogens with zero attached hydrogens (tertiary/aromatic N) is 3. The molecule has 150 valence electrons. The lowest BCUT2D eigenvalue weighted by Gasteiger charge is -2.22. The van der Waals surface area contributed by atoms with E-state index in [4.69, 9.17) is 10.5 Å². The zero-order valence-electron chi connectivity index (χ0n) is 16.4. The van der Waals surface area contributed by atoms with Crippen molar-refractivity contribution in [3.8, 4) is 11.1 Å². The molecule has 1 aliphatic rings. The highest BCUT2D eigenvalue weighted by Gasteiger charge is 2.30. The molecule has 1 aromatic carbocycles. The molecule has 4 rings (SSSR count). The Bertz CT molecular complexity index is 986. The van der Waals surface area contributed by atoms with Gasteiger partial charge in [-0.2, -0.15) is 5.10 Å². The average molecular weight is 391 g/mol. The second kappa shape index (κ2) is 8.45. The number of hydrogen-bond acceptors (Lipinski definition) is 5. The Labute approximate surface area is 169 Å². The molecule has 0 radical (unpaired) electrons. The molecule has 29 heavy (non-hydrogen) atoms. The van der Waals surface area contributed by atoms with Crippen molar-refractivity contribution in [3.63, 3.8) is 0 Å². The highest BCUT2D eigenvalue weighted by atomic mass is 16.5. The van der Waals surface area contributed by atoms with Crippen molar-refractivity contribution in [2.75, 3.05) is 5.73 Å². The molecule has 7 nitrogen and oxygen atoms in total. The number of carbonyl (C=O) groups is 1. The van der Waals surface area contributed by atoms with Gasteiger partial charge in [-0.1, -0.05) is 30.3 Å². The normalized spacial score (nSPS) is 18.7. The summed E-state index contributed by atoms with van der Waals surface area (Å²) in [6.45, 7) is 0.540. The molecule has 2 atom stereocenters. The summed E-state index contributed by atoms with van der Waals surface area (Å²) in [4.78, 5) is 17.1. The summed E-state index contributed by atoms with van der Waals surface area (Å²) >= 11 is 0. The lowest BCUT2D eigenvalue weighted by atomic mass is 10.1. The number of ether oxygens (including phenoxy) is 1. The Kier molecular flexibility index (Phi) is 5.57. The molecule has 1 aliphatic carbocycles. The van der Waals surface area contributed by atoms with Crippen LogP contribution in [0, 0.1) is 0 Å². The summed E-state index contributed by atoms with van der Waals surface area (Å²) in [6.07, 6.45) is 8.11. The summed E-state index contributed by atoms with van der Waals surface area (Å²) in [7, 11) is 1.84. The number of nitrogens with two attached hydrogens (primary N) is 1. The number of aryl methyl sites for hydroxylation is 1. The van der Waals surface area contributed by atoms with Gasteiger partial charge in [-0.3, -0.25) is 9.48 Å². The third-order valence-corrected chi connectivity index (χ3v) is 5.28. The standard InChI is InChI=1S/C22H25N5O2/c1-27-13-17(12-25-27)16-10-18(21(23)24-11-16)22(28)26-19-8-5-9-20(19)29-14-15-6-3-2-4-7-15/h2-4,6-7,10-13,19-20H,5,8-9,14H2,1H3,(H2,23,24)(H,26,28)/t19-,20+/m1/s1. The van der Waals surface area contributed by atoms with Crippen LogP contribution >= 0.6 is 0 Å². The number of amides is 1. The average Bonchev–Trinajstić information content (AvgIpc) is 3.36. The first-order valence-electron chi connectivity index (χ1n) is 9.81. The van der Waals surface area contributed by atoms with Crippen LogP contribution in [0.4, 0.5) is 5.82 Å². The van der Waals surface area contributed by atoms with Crippen LogP contribution in [0.15, 0.2) is 55.0 Å². The molecule has 0 saturated heterocycles. The Morgan fingerprint density at radius 3 is 2.83 bits per heavy atom. The number of aromatic nitrogens is 3. The molecule has 7 heteroatoms. The van der Waals surface area contributed by atoms with Crippen LogP contribution < -0.4 is 11.1 Å². The van der Waals surface area contributed by atoms with Gasteiger partial charge in [-0.25, -0.2) is 4.98 Å². The van der Waals surface area contributed by atoms with E-state index in [1.807, 2.05) is 43.6 Å². The largest absolute Gasteiger partial charge is 0.383 e. The molecule has 1 fully saturated rings. The van der Waals surface area contributed by atoms with Gasteiger partial charge in [0.05, 0.1) is 30.5 Å². The summed E-state index contributed by atoms with van der Waals surface area (Å²) < 4.78 is 7.80. The minimum absolute atomic E-state index is 0.00477. The lowest BCUT2D eigenvalue weighted by Crippen LogP contribution is -2.41. The van der Waals surface area contributed by atoms with Gasteiger partial charge in [-0.15, -0.1) is 0 Å². The number of carbonyl (C=O) groups excluding carboxylic acids is 1. The number of rotatable bonds is 6. The first-order valence-corrected chi connectivity index (χ1v) is 9.81. The van der Waals surface area contributed by atoms with E-state index in [0.29, 0.717) is 12.2 Å². The predicted octanol–water partition coefficient (Wildman–Crippen LogP) is 2.93. The minimum Gasteiger partial charge on any atom is -0.383 e. The van der Waals surface area contributed by atoms with E-state index in [9.17, 15) is 4.79 Å². The molecule has 1 amide bonds. The summed E-state index contributed by atoms with van der Waals surface area (Å²) in [5.74, 6) is -0.00385. The van der Waals surface area contributed by atoms with Gasteiger partial charge in [0.15, 0.2) is 0 Å². The second-order valence-corrected chi connectivity index (χ2v) is 7.41. The first kappa shape index (κ1) is 19.1. The van der Waals surface area contributed by atoms with Gasteiger partial charge in [0.2, 0.25) is 0 Å². The minimum atomic E-state index is -0.221. The Morgan fingerprint density at radius 2 is 2.07 bits per heavy atom. The molecule has 0 aliphatic heterocycles. The van der Waals surface area contributed by atoms with E-state index in [2.05, 4.69) is 15.4 Å². The van der Waals surface area contributed by atoms with Gasteiger partial charge >= 0.3 is 0 Å². The van der Waals surface area contributed by atoms with Crippen LogP contribution in [-0.4, -0.2) is 32.8 Å². The fourth-order valence-electron chi connectivity index (χ4n) is 3.70. The van der Waals surface area contributed by atoms with Gasteiger partial charge in [0, 0.05) is 30.6 Å². The van der Waals surface area contributed by atoms with E-state index >= 15 is 0 Å². The molecule has 0 unspecified atom stereocenters. The fraction of sp³-hybridized carbons (Fsp3) is 0.318. The topological polar surface area (TPSA) is 95.1 Å². The van der Waals surface area contributed by atoms with Crippen molar-refractivity contribution in [3.05, 3.63) is 66.1 Å². The van der Waals surface area contributed by atoms with Crippen LogP contribution in [0.1, 0.15) is 35.2 Å². The molecular formula is C22H25N5O2. The van der Waals surface area contributed by atoms with Crippen LogP contribution in [-0.2, 0) is 18.4 Å². The van der Waals surface area contributed by atoms with Crippen LogP contribution in [0.2, 0.25) is 0 Å². The van der Waals surface area contributed by atoms with Gasteiger partial charge in [-0.05, 0) is 30.9 Å². The van der Waals surface area contributed by atoms with Crippen molar-refractivity contribution >= 4 is 11.7 Å². The smallest absolute Gasteiger partial charge is 0.255 e. The number of pyridine rings is 1. The third-order valence-electron chi connectivity index (χ3n) is 5.28. The van der Waals surface area contributed by atoms with E-state index in [1.165, 1.54) is 0 Å². The van der Waals surface area contributed by atoms with Gasteiger partial charge < -0.3 is 15.8 Å². The van der Waals surface area contributed by atoms with E-state index in [0.717, 1.165) is 36.0 Å². The summed E-state index contributed by atoms with van der Waals surface area (Å²) in [5.41, 5.74) is 9.19.